The van der Waals surface area contributed by atoms with E-state index in [4.69, 9.17) is 4.74 Å². The van der Waals surface area contributed by atoms with Crippen LogP contribution < -0.4 is 9.61 Å². The van der Waals surface area contributed by atoms with Crippen LogP contribution in [0.1, 0.15) is 42.5 Å². The van der Waals surface area contributed by atoms with E-state index in [1.807, 2.05) is 30.8 Å². The average molecular weight is 376 g/mol. The van der Waals surface area contributed by atoms with Gasteiger partial charge in [-0.3, -0.25) is 4.79 Å². The Balaban J connectivity index is 1.65. The topological polar surface area (TPSA) is 62.3 Å². The van der Waals surface area contributed by atoms with Gasteiger partial charge in [0.05, 0.1) is 11.6 Å². The van der Waals surface area contributed by atoms with Gasteiger partial charge in [0.1, 0.15) is 0 Å². The van der Waals surface area contributed by atoms with E-state index in [1.165, 1.54) is 41.0 Å². The molecule has 6 heteroatoms. The molecule has 4 nitrogen and oxygen atoms in total. The highest BCUT2D eigenvalue weighted by Gasteiger charge is 2.54. The molecule has 25 heavy (non-hydrogen) atoms. The van der Waals surface area contributed by atoms with Gasteiger partial charge in [-0.2, -0.15) is 0 Å². The predicted molar refractivity (Wildman–Crippen MR) is 100 cm³/mol. The Labute approximate surface area is 154 Å². The first-order valence-corrected chi connectivity index (χ1v) is 10.7. The van der Waals surface area contributed by atoms with Crippen LogP contribution in [0.3, 0.4) is 0 Å². The number of phenolic OH excluding ortho intramolecular Hbond substituents is 1. The van der Waals surface area contributed by atoms with Crippen molar-refractivity contribution in [3.8, 4) is 11.5 Å². The van der Waals surface area contributed by atoms with Crippen molar-refractivity contribution in [2.24, 2.45) is 17.8 Å². The van der Waals surface area contributed by atoms with E-state index >= 15 is 0 Å². The second-order valence-electron chi connectivity index (χ2n) is 7.34. The largest absolute Gasteiger partial charge is 0.504 e. The van der Waals surface area contributed by atoms with Gasteiger partial charge in [0.2, 0.25) is 0 Å². The molecule has 2 bridgehead atoms. The Hall–Kier alpha value is -1.40. The molecule has 0 saturated heterocycles. The van der Waals surface area contributed by atoms with Crippen LogP contribution in [0, 0.1) is 17.8 Å². The third kappa shape index (κ3) is 2.37. The molecule has 2 aromatic rings. The van der Waals surface area contributed by atoms with Gasteiger partial charge in [-0.05, 0) is 61.6 Å². The van der Waals surface area contributed by atoms with Crippen LogP contribution in [0.25, 0.3) is 0 Å². The quantitative estimate of drug-likeness (QED) is 0.844. The van der Waals surface area contributed by atoms with Gasteiger partial charge in [0.25, 0.3) is 0 Å². The van der Waals surface area contributed by atoms with Crippen LogP contribution in [0.5, 0.6) is 11.5 Å². The van der Waals surface area contributed by atoms with Crippen molar-refractivity contribution in [1.29, 1.82) is 0 Å². The second kappa shape index (κ2) is 5.81. The summed E-state index contributed by atoms with van der Waals surface area (Å²) in [6, 6.07) is 5.73. The summed E-state index contributed by atoms with van der Waals surface area (Å²) in [5.41, 5.74) is 1.17. The smallest absolute Gasteiger partial charge is 0.305 e. The Morgan fingerprint density at radius 2 is 2.16 bits per heavy atom. The highest BCUT2D eigenvalue weighted by molar-refractivity contribution is 8.00. The molecule has 3 aliphatic rings. The molecule has 2 aliphatic carbocycles. The van der Waals surface area contributed by atoms with Crippen LogP contribution >= 0.6 is 23.1 Å². The Bertz CT molecular complexity index is 874. The van der Waals surface area contributed by atoms with Crippen LogP contribution in [0.4, 0.5) is 0 Å². The van der Waals surface area contributed by atoms with Crippen LogP contribution in [0.15, 0.2) is 28.0 Å². The summed E-state index contributed by atoms with van der Waals surface area (Å²) in [5, 5.41) is 11.7. The fourth-order valence-corrected chi connectivity index (χ4v) is 8.11. The number of aromatic amines is 1. The number of phenols is 1. The third-order valence-electron chi connectivity index (χ3n) is 6.11. The van der Waals surface area contributed by atoms with Gasteiger partial charge < -0.3 is 14.8 Å². The highest BCUT2D eigenvalue weighted by atomic mass is 32.2. The lowest BCUT2D eigenvalue weighted by molar-refractivity contribution is 0.302. The number of hydrogen-bond donors (Lipinski definition) is 2. The van der Waals surface area contributed by atoms with Gasteiger partial charge >= 0.3 is 4.87 Å². The van der Waals surface area contributed by atoms with Gasteiger partial charge in [0, 0.05) is 16.0 Å². The van der Waals surface area contributed by atoms with E-state index in [0.29, 0.717) is 23.5 Å². The number of thiazole rings is 1. The van der Waals surface area contributed by atoms with Crippen molar-refractivity contribution in [3.05, 3.63) is 38.3 Å². The summed E-state index contributed by atoms with van der Waals surface area (Å²) >= 11 is 3.26. The van der Waals surface area contributed by atoms with Gasteiger partial charge in [-0.15, -0.1) is 11.8 Å². The number of benzene rings is 1. The molecule has 0 amide bonds. The van der Waals surface area contributed by atoms with Crippen molar-refractivity contribution in [2.45, 2.75) is 42.4 Å². The summed E-state index contributed by atoms with van der Waals surface area (Å²) in [5.74, 6) is 3.08. The molecule has 1 aliphatic heterocycles. The number of nitrogens with one attached hydrogen (secondary N) is 1. The molecule has 1 aromatic heterocycles. The van der Waals surface area contributed by atoms with E-state index in [1.54, 1.807) is 6.07 Å². The minimum Gasteiger partial charge on any atom is -0.504 e. The van der Waals surface area contributed by atoms with E-state index in [-0.39, 0.29) is 16.5 Å². The van der Waals surface area contributed by atoms with E-state index in [9.17, 15) is 9.90 Å². The number of fused-ring (bicyclic) bond motifs is 6. The number of rotatable bonds is 3. The van der Waals surface area contributed by atoms with Crippen LogP contribution in [0.2, 0.25) is 0 Å². The van der Waals surface area contributed by atoms with Crippen molar-refractivity contribution in [3.63, 3.8) is 0 Å². The molecule has 0 spiro atoms. The maximum atomic E-state index is 12.0. The average Bonchev–Trinajstić information content (AvgIpc) is 3.28. The first kappa shape index (κ1) is 15.8. The number of hydrogen-bond acceptors (Lipinski definition) is 5. The third-order valence-corrected chi connectivity index (χ3v) is 8.73. The minimum absolute atomic E-state index is 0.0404. The number of H-pyrrole nitrogens is 1. The molecular formula is C19H21NO3S2. The van der Waals surface area contributed by atoms with Crippen molar-refractivity contribution in [2.75, 3.05) is 6.61 Å². The first-order chi connectivity index (χ1) is 12.2. The van der Waals surface area contributed by atoms with Gasteiger partial charge in [0.15, 0.2) is 11.5 Å². The highest BCUT2D eigenvalue weighted by Crippen LogP contribution is 2.63. The molecule has 2 saturated carbocycles. The Morgan fingerprint density at radius 3 is 3.00 bits per heavy atom. The first-order valence-electron chi connectivity index (χ1n) is 9.01. The van der Waals surface area contributed by atoms with Crippen molar-refractivity contribution in [1.82, 2.24) is 4.98 Å². The SMILES string of the molecule is CCOc1cc([C@H]2c3sc(=O)[nH]c3SC3C4CCC(C4)C32)ccc1O. The molecule has 4 unspecified atom stereocenters. The van der Waals surface area contributed by atoms with E-state index in [2.05, 4.69) is 4.98 Å². The lowest BCUT2D eigenvalue weighted by Gasteiger charge is -2.40. The molecule has 2 fully saturated rings. The van der Waals surface area contributed by atoms with Gasteiger partial charge in [-0.1, -0.05) is 17.4 Å². The molecule has 1 aromatic carbocycles. The number of aromatic nitrogens is 1. The number of thioether (sulfide) groups is 1. The maximum absolute atomic E-state index is 12.0. The fraction of sp³-hybridized carbons (Fsp3) is 0.526. The lowest BCUT2D eigenvalue weighted by Crippen LogP contribution is -2.33. The van der Waals surface area contributed by atoms with Gasteiger partial charge in [-0.25, -0.2) is 0 Å². The van der Waals surface area contributed by atoms with E-state index < -0.39 is 0 Å². The number of aromatic hydroxyl groups is 1. The molecule has 5 atom stereocenters. The summed E-state index contributed by atoms with van der Waals surface area (Å²) < 4.78 is 5.61. The van der Waals surface area contributed by atoms with Crippen molar-refractivity contribution < 1.29 is 9.84 Å². The zero-order valence-corrected chi connectivity index (χ0v) is 15.7. The standard InChI is InChI=1S/C19H21NO3S2/c1-2-23-13-8-10(5-6-12(13)21)15-14-9-3-4-11(7-9)16(14)24-18-17(15)25-19(22)20-18/h5-6,8-9,11,14-16,21H,2-4,7H2,1H3,(H,20,22)/t9?,11?,14?,15-,16?/m1/s1. The predicted octanol–water partition coefficient (Wildman–Crippen LogP) is 4.19. The summed E-state index contributed by atoms with van der Waals surface area (Å²) in [7, 11) is 0. The fourth-order valence-electron chi connectivity index (χ4n) is 5.22. The monoisotopic (exact) mass is 375 g/mol. The summed E-state index contributed by atoms with van der Waals surface area (Å²) in [6.07, 6.45) is 3.97. The minimum atomic E-state index is 0.0404. The van der Waals surface area contributed by atoms with E-state index in [0.717, 1.165) is 16.9 Å². The maximum Gasteiger partial charge on any atom is 0.305 e. The zero-order chi connectivity index (χ0) is 17.1. The van der Waals surface area contributed by atoms with Crippen molar-refractivity contribution >= 4 is 23.1 Å². The molecular weight excluding hydrogens is 354 g/mol. The summed E-state index contributed by atoms with van der Waals surface area (Å²) in [4.78, 5) is 16.3. The Morgan fingerprint density at radius 1 is 1.32 bits per heavy atom. The number of ether oxygens (including phenoxy) is 1. The molecule has 132 valence electrons. The zero-order valence-electron chi connectivity index (χ0n) is 14.0. The second-order valence-corrected chi connectivity index (χ2v) is 9.54. The summed E-state index contributed by atoms with van der Waals surface area (Å²) in [6.45, 7) is 2.45. The van der Waals surface area contributed by atoms with Crippen LogP contribution in [-0.2, 0) is 0 Å². The normalized spacial score (nSPS) is 32.4. The molecule has 2 N–H and O–H groups in total. The molecule has 2 heterocycles. The Kier molecular flexibility index (Phi) is 3.68. The lowest BCUT2D eigenvalue weighted by atomic mass is 9.75. The molecule has 0 radical (unpaired) electrons. The molecule has 5 rings (SSSR count). The van der Waals surface area contributed by atoms with Crippen LogP contribution in [-0.4, -0.2) is 21.9 Å².